The summed E-state index contributed by atoms with van der Waals surface area (Å²) in [7, 11) is 1.39. The second-order valence-corrected chi connectivity index (χ2v) is 8.97. The first-order chi connectivity index (χ1) is 17.1. The molecule has 1 aliphatic heterocycles. The Morgan fingerprint density at radius 1 is 1.06 bits per heavy atom. The summed E-state index contributed by atoms with van der Waals surface area (Å²) in [5.74, 6) is -0.484. The number of non-ortho nitro benzene ring substituents is 1. The van der Waals surface area contributed by atoms with E-state index < -0.39 is 10.8 Å². The Morgan fingerprint density at radius 2 is 1.75 bits per heavy atom. The number of halogens is 4. The molecule has 13 heteroatoms. The average molecular weight is 568 g/mol. The molecule has 0 atom stereocenters. The molecule has 1 aliphatic rings. The van der Waals surface area contributed by atoms with Crippen molar-refractivity contribution >= 4 is 81.3 Å². The van der Waals surface area contributed by atoms with Gasteiger partial charge in [-0.3, -0.25) is 20.3 Å². The van der Waals surface area contributed by atoms with Gasteiger partial charge in [-0.25, -0.2) is 10.0 Å². The molecule has 1 amide bonds. The number of anilines is 1. The summed E-state index contributed by atoms with van der Waals surface area (Å²) in [6, 6.07) is 11.0. The largest absolute Gasteiger partial charge is 0.504 e. The fourth-order valence-corrected chi connectivity index (χ4v) is 4.48. The second-order valence-electron chi connectivity index (χ2n) is 7.31. The van der Waals surface area contributed by atoms with E-state index in [2.05, 4.69) is 10.4 Å². The van der Waals surface area contributed by atoms with Gasteiger partial charge in [-0.05, 0) is 42.0 Å². The fourth-order valence-electron chi connectivity index (χ4n) is 3.33. The van der Waals surface area contributed by atoms with Crippen molar-refractivity contribution in [3.63, 3.8) is 0 Å². The molecule has 36 heavy (non-hydrogen) atoms. The highest BCUT2D eigenvalue weighted by atomic mass is 35.5. The maximum atomic E-state index is 13.5. The van der Waals surface area contributed by atoms with Crippen LogP contribution >= 0.6 is 46.4 Å². The normalized spacial score (nSPS) is 15.5. The zero-order valence-corrected chi connectivity index (χ0v) is 21.2. The third-order valence-corrected chi connectivity index (χ3v) is 6.11. The van der Waals surface area contributed by atoms with Gasteiger partial charge >= 0.3 is 0 Å². The highest BCUT2D eigenvalue weighted by molar-refractivity contribution is 6.44. The van der Waals surface area contributed by atoms with Crippen LogP contribution in [0.2, 0.25) is 20.1 Å². The minimum atomic E-state index is -0.591. The molecule has 0 saturated carbocycles. The molecule has 0 aliphatic carbocycles. The molecule has 3 aromatic carbocycles. The third kappa shape index (κ3) is 5.05. The number of amides is 1. The number of hydrogen-bond acceptors (Lipinski definition) is 6. The number of phenolic OH excluding ortho intramolecular Hbond substituents is 1. The zero-order valence-electron chi connectivity index (χ0n) is 18.1. The molecular weight excluding hydrogens is 554 g/mol. The summed E-state index contributed by atoms with van der Waals surface area (Å²) < 4.78 is 5.13. The molecule has 0 unspecified atom stereocenters. The maximum absolute atomic E-state index is 13.5. The van der Waals surface area contributed by atoms with E-state index in [4.69, 9.17) is 51.1 Å². The Morgan fingerprint density at radius 3 is 2.39 bits per heavy atom. The number of phenols is 1. The number of hydrazine groups is 1. The van der Waals surface area contributed by atoms with Gasteiger partial charge in [0.15, 0.2) is 17.3 Å². The van der Waals surface area contributed by atoms with E-state index in [1.807, 2.05) is 0 Å². The van der Waals surface area contributed by atoms with Crippen molar-refractivity contribution in [2.75, 3.05) is 12.1 Å². The molecule has 0 radical (unpaired) electrons. The van der Waals surface area contributed by atoms with Crippen LogP contribution in [-0.2, 0) is 4.79 Å². The molecule has 1 saturated heterocycles. The molecular formula is C23H14Cl4N4O5. The highest BCUT2D eigenvalue weighted by Crippen LogP contribution is 2.39. The van der Waals surface area contributed by atoms with Gasteiger partial charge < -0.3 is 9.84 Å². The van der Waals surface area contributed by atoms with Gasteiger partial charge in [0, 0.05) is 17.2 Å². The number of nitro groups is 1. The van der Waals surface area contributed by atoms with E-state index in [9.17, 15) is 20.0 Å². The van der Waals surface area contributed by atoms with Crippen molar-refractivity contribution in [3.05, 3.63) is 89.9 Å². The van der Waals surface area contributed by atoms with E-state index in [0.717, 1.165) is 5.01 Å². The number of carbonyl (C=O) groups is 1. The predicted octanol–water partition coefficient (Wildman–Crippen LogP) is 6.59. The molecule has 9 nitrogen and oxygen atoms in total. The number of aromatic hydroxyl groups is 1. The minimum absolute atomic E-state index is 0.0107. The van der Waals surface area contributed by atoms with Crippen LogP contribution in [-0.4, -0.2) is 28.9 Å². The summed E-state index contributed by atoms with van der Waals surface area (Å²) in [5.41, 5.74) is 3.31. The van der Waals surface area contributed by atoms with Crippen LogP contribution in [0.3, 0.4) is 0 Å². The molecule has 0 aromatic heterocycles. The van der Waals surface area contributed by atoms with Crippen LogP contribution in [0.1, 0.15) is 5.56 Å². The number of aliphatic imine (C=N–C) groups is 1. The monoisotopic (exact) mass is 566 g/mol. The Labute approximate surface area is 224 Å². The molecule has 2 N–H and O–H groups in total. The number of ether oxygens (including phenoxy) is 1. The summed E-state index contributed by atoms with van der Waals surface area (Å²) in [6.45, 7) is 0. The zero-order chi connectivity index (χ0) is 26.1. The SMILES string of the molecule is COc1cc(/C=C2\C(=O)N(c3c(Cl)cc(Cl)cc3Cl)NC2=Nc2cc([N+](=O)[O-])ccc2Cl)ccc1O. The van der Waals surface area contributed by atoms with Crippen LogP contribution in [0.15, 0.2) is 59.1 Å². The summed E-state index contributed by atoms with van der Waals surface area (Å²) in [5, 5.41) is 22.8. The van der Waals surface area contributed by atoms with Crippen molar-refractivity contribution in [2.45, 2.75) is 0 Å². The van der Waals surface area contributed by atoms with Gasteiger partial charge in [0.1, 0.15) is 5.69 Å². The summed E-state index contributed by atoms with van der Waals surface area (Å²) in [6.07, 6.45) is 1.49. The number of rotatable bonds is 5. The average Bonchev–Trinajstić information content (AvgIpc) is 3.10. The number of benzene rings is 3. The lowest BCUT2D eigenvalue weighted by molar-refractivity contribution is -0.384. The molecule has 4 rings (SSSR count). The topological polar surface area (TPSA) is 117 Å². The molecule has 0 spiro atoms. The first-order valence-electron chi connectivity index (χ1n) is 9.96. The minimum Gasteiger partial charge on any atom is -0.504 e. The van der Waals surface area contributed by atoms with E-state index in [1.54, 1.807) is 6.07 Å². The summed E-state index contributed by atoms with van der Waals surface area (Å²) >= 11 is 24.9. The molecule has 1 heterocycles. The van der Waals surface area contributed by atoms with Crippen LogP contribution in [0.25, 0.3) is 6.08 Å². The lowest BCUT2D eigenvalue weighted by atomic mass is 10.1. The van der Waals surface area contributed by atoms with Crippen molar-refractivity contribution in [2.24, 2.45) is 4.99 Å². The lowest BCUT2D eigenvalue weighted by Gasteiger charge is -2.18. The standard InChI is InChI=1S/C23H14Cl4N4O5/c1-36-20-7-11(2-5-19(20)32)6-14-22(28-18-10-13(31(34)35)3-4-15(18)25)29-30(23(14)33)21-16(26)8-12(24)9-17(21)27/h2-10,32H,1H3,(H,28,29)/b14-6-. The third-order valence-electron chi connectivity index (χ3n) is 5.00. The number of amidine groups is 1. The predicted molar refractivity (Wildman–Crippen MR) is 140 cm³/mol. The molecule has 184 valence electrons. The Balaban J connectivity index is 1.89. The number of nitrogens with one attached hydrogen (secondary N) is 1. The number of nitro benzene ring substituents is 1. The second kappa shape index (κ2) is 10.2. The highest BCUT2D eigenvalue weighted by Gasteiger charge is 2.35. The van der Waals surface area contributed by atoms with Crippen LogP contribution < -0.4 is 15.2 Å². The van der Waals surface area contributed by atoms with Gasteiger partial charge in [-0.15, -0.1) is 0 Å². The van der Waals surface area contributed by atoms with Crippen LogP contribution in [0, 0.1) is 10.1 Å². The van der Waals surface area contributed by atoms with Crippen molar-refractivity contribution in [3.8, 4) is 11.5 Å². The van der Waals surface area contributed by atoms with Gasteiger partial charge in [0.25, 0.3) is 11.6 Å². The lowest BCUT2D eigenvalue weighted by Crippen LogP contribution is -2.36. The molecule has 0 bridgehead atoms. The van der Waals surface area contributed by atoms with Crippen molar-refractivity contribution < 1.29 is 19.6 Å². The van der Waals surface area contributed by atoms with Crippen LogP contribution in [0.5, 0.6) is 11.5 Å². The van der Waals surface area contributed by atoms with Gasteiger partial charge in [0.05, 0.1) is 38.4 Å². The van der Waals surface area contributed by atoms with E-state index >= 15 is 0 Å². The van der Waals surface area contributed by atoms with Gasteiger partial charge in [-0.1, -0.05) is 52.5 Å². The first kappa shape index (κ1) is 25.6. The van der Waals surface area contributed by atoms with E-state index in [1.165, 1.54) is 55.7 Å². The first-order valence-corrected chi connectivity index (χ1v) is 11.5. The van der Waals surface area contributed by atoms with Crippen molar-refractivity contribution in [1.29, 1.82) is 0 Å². The maximum Gasteiger partial charge on any atom is 0.280 e. The quantitative estimate of drug-likeness (QED) is 0.204. The Hall–Kier alpha value is -3.50. The number of carbonyl (C=O) groups excluding carboxylic acids is 1. The molecule has 3 aromatic rings. The Kier molecular flexibility index (Phi) is 7.28. The van der Waals surface area contributed by atoms with Gasteiger partial charge in [0.2, 0.25) is 0 Å². The van der Waals surface area contributed by atoms with Gasteiger partial charge in [-0.2, -0.15) is 0 Å². The molecule has 1 fully saturated rings. The number of methoxy groups -OCH3 is 1. The van der Waals surface area contributed by atoms with Crippen LogP contribution in [0.4, 0.5) is 17.1 Å². The summed E-state index contributed by atoms with van der Waals surface area (Å²) in [4.78, 5) is 28.6. The van der Waals surface area contributed by atoms with Crippen molar-refractivity contribution in [1.82, 2.24) is 5.43 Å². The number of nitrogens with zero attached hydrogens (tertiary/aromatic N) is 3. The smallest absolute Gasteiger partial charge is 0.280 e. The van der Waals surface area contributed by atoms with E-state index in [-0.39, 0.29) is 60.1 Å². The fraction of sp³-hybridized carbons (Fsp3) is 0.0435. The number of hydrogen-bond donors (Lipinski definition) is 2. The van der Waals surface area contributed by atoms with E-state index in [0.29, 0.717) is 5.56 Å². The Bertz CT molecular complexity index is 1450.